The second-order valence-electron chi connectivity index (χ2n) is 5.15. The Morgan fingerprint density at radius 2 is 2.00 bits per heavy atom. The minimum absolute atomic E-state index is 0.135. The molecule has 2 rings (SSSR count). The van der Waals surface area contributed by atoms with Crippen molar-refractivity contribution in [2.45, 2.75) is 26.0 Å². The molecule has 0 saturated carbocycles. The van der Waals surface area contributed by atoms with Crippen LogP contribution in [-0.4, -0.2) is 24.3 Å². The van der Waals surface area contributed by atoms with Gasteiger partial charge in [-0.3, -0.25) is 0 Å². The molecule has 124 valence electrons. The molecular formula is C17H22N2O3S. The number of carbonyl (C=O) groups excluding carboxylic acids is 1. The van der Waals surface area contributed by atoms with Gasteiger partial charge in [0.05, 0.1) is 18.8 Å². The van der Waals surface area contributed by atoms with Crippen LogP contribution in [0.15, 0.2) is 41.1 Å². The fourth-order valence-electron chi connectivity index (χ4n) is 2.12. The Morgan fingerprint density at radius 1 is 1.26 bits per heavy atom. The second kappa shape index (κ2) is 8.55. The maximum absolute atomic E-state index is 11.9. The fourth-order valence-corrected chi connectivity index (χ4v) is 2.83. The molecule has 1 aromatic carbocycles. The van der Waals surface area contributed by atoms with Gasteiger partial charge in [-0.15, -0.1) is 0 Å². The second-order valence-corrected chi connectivity index (χ2v) is 5.93. The van der Waals surface area contributed by atoms with Crippen molar-refractivity contribution in [2.75, 3.05) is 13.2 Å². The van der Waals surface area contributed by atoms with E-state index in [0.29, 0.717) is 6.61 Å². The number of amides is 2. The van der Waals surface area contributed by atoms with E-state index in [1.807, 2.05) is 54.9 Å². The van der Waals surface area contributed by atoms with Gasteiger partial charge in [-0.1, -0.05) is 12.1 Å². The molecule has 0 aliphatic carbocycles. The van der Waals surface area contributed by atoms with Gasteiger partial charge in [-0.05, 0) is 53.9 Å². The van der Waals surface area contributed by atoms with E-state index in [1.165, 1.54) is 11.3 Å². The molecule has 0 radical (unpaired) electrons. The molecule has 3 N–H and O–H groups in total. The molecule has 2 amide bonds. The quantitative estimate of drug-likeness (QED) is 0.728. The summed E-state index contributed by atoms with van der Waals surface area (Å²) >= 11 is 1.52. The lowest BCUT2D eigenvalue weighted by atomic mass is 10.1. The third-order valence-electron chi connectivity index (χ3n) is 3.42. The van der Waals surface area contributed by atoms with E-state index in [4.69, 9.17) is 4.74 Å². The molecule has 2 aromatic rings. The first kappa shape index (κ1) is 17.3. The Labute approximate surface area is 140 Å². The van der Waals surface area contributed by atoms with E-state index in [2.05, 4.69) is 10.6 Å². The number of ether oxygens (including phenoxy) is 1. The van der Waals surface area contributed by atoms with Crippen LogP contribution in [0.2, 0.25) is 0 Å². The molecule has 23 heavy (non-hydrogen) atoms. The third kappa shape index (κ3) is 5.26. The zero-order valence-electron chi connectivity index (χ0n) is 13.3. The number of aliphatic hydroxyl groups excluding tert-OH is 1. The molecule has 0 saturated heterocycles. The lowest BCUT2D eigenvalue weighted by Crippen LogP contribution is -2.39. The summed E-state index contributed by atoms with van der Waals surface area (Å²) in [5, 5.41) is 19.2. The monoisotopic (exact) mass is 334 g/mol. The Kier molecular flexibility index (Phi) is 6.43. The maximum Gasteiger partial charge on any atom is 0.315 e. The summed E-state index contributed by atoms with van der Waals surface area (Å²) in [5.74, 6) is 0.812. The molecule has 1 aromatic heterocycles. The van der Waals surface area contributed by atoms with Crippen LogP contribution in [0.4, 0.5) is 4.79 Å². The van der Waals surface area contributed by atoms with E-state index in [-0.39, 0.29) is 18.6 Å². The van der Waals surface area contributed by atoms with Gasteiger partial charge in [0.1, 0.15) is 5.75 Å². The van der Waals surface area contributed by atoms with Crippen molar-refractivity contribution >= 4 is 17.4 Å². The molecule has 0 bridgehead atoms. The van der Waals surface area contributed by atoms with Gasteiger partial charge in [0.15, 0.2) is 0 Å². The minimum atomic E-state index is -0.687. The summed E-state index contributed by atoms with van der Waals surface area (Å²) in [6.45, 7) is 4.65. The average Bonchev–Trinajstić information content (AvgIpc) is 3.08. The van der Waals surface area contributed by atoms with Crippen LogP contribution in [0.25, 0.3) is 0 Å². The summed E-state index contributed by atoms with van der Waals surface area (Å²) in [6, 6.07) is 9.03. The lowest BCUT2D eigenvalue weighted by Gasteiger charge is -2.17. The number of urea groups is 1. The molecule has 0 unspecified atom stereocenters. The number of hydrogen-bond acceptors (Lipinski definition) is 4. The van der Waals surface area contributed by atoms with Crippen molar-refractivity contribution < 1.29 is 14.6 Å². The highest BCUT2D eigenvalue weighted by atomic mass is 32.1. The number of aliphatic hydroxyl groups is 1. The third-order valence-corrected chi connectivity index (χ3v) is 4.12. The minimum Gasteiger partial charge on any atom is -0.494 e. The lowest BCUT2D eigenvalue weighted by molar-refractivity contribution is 0.173. The first-order valence-corrected chi connectivity index (χ1v) is 8.51. The van der Waals surface area contributed by atoms with Crippen LogP contribution in [0.1, 0.15) is 37.1 Å². The first-order valence-electron chi connectivity index (χ1n) is 7.57. The van der Waals surface area contributed by atoms with E-state index in [1.54, 1.807) is 0 Å². The smallest absolute Gasteiger partial charge is 0.315 e. The molecular weight excluding hydrogens is 312 g/mol. The van der Waals surface area contributed by atoms with Crippen molar-refractivity contribution in [3.8, 4) is 5.75 Å². The average molecular weight is 334 g/mol. The number of nitrogens with one attached hydrogen (secondary N) is 2. The van der Waals surface area contributed by atoms with Crippen LogP contribution in [0, 0.1) is 0 Å². The van der Waals surface area contributed by atoms with Crippen molar-refractivity contribution in [3.05, 3.63) is 52.2 Å². The fraction of sp³-hybridized carbons (Fsp3) is 0.353. The Morgan fingerprint density at radius 3 is 2.61 bits per heavy atom. The van der Waals surface area contributed by atoms with Gasteiger partial charge < -0.3 is 20.5 Å². The number of carbonyl (C=O) groups is 1. The molecule has 1 heterocycles. The Bertz CT molecular complexity index is 599. The number of benzene rings is 1. The van der Waals surface area contributed by atoms with E-state index in [0.717, 1.165) is 16.9 Å². The zero-order valence-corrected chi connectivity index (χ0v) is 14.1. The Balaban J connectivity index is 1.79. The number of rotatable bonds is 7. The van der Waals surface area contributed by atoms with Crippen LogP contribution >= 0.6 is 11.3 Å². The molecule has 6 heteroatoms. The van der Waals surface area contributed by atoms with Gasteiger partial charge in [0, 0.05) is 6.54 Å². The van der Waals surface area contributed by atoms with Crippen molar-refractivity contribution in [1.29, 1.82) is 0 Å². The van der Waals surface area contributed by atoms with Crippen LogP contribution in [-0.2, 0) is 0 Å². The summed E-state index contributed by atoms with van der Waals surface area (Å²) < 4.78 is 5.40. The maximum atomic E-state index is 11.9. The van der Waals surface area contributed by atoms with Crippen molar-refractivity contribution in [1.82, 2.24) is 10.6 Å². The summed E-state index contributed by atoms with van der Waals surface area (Å²) in [4.78, 5) is 11.9. The number of hydrogen-bond donors (Lipinski definition) is 3. The molecule has 0 spiro atoms. The van der Waals surface area contributed by atoms with Gasteiger partial charge in [-0.2, -0.15) is 11.3 Å². The highest BCUT2D eigenvalue weighted by Gasteiger charge is 2.12. The van der Waals surface area contributed by atoms with Crippen molar-refractivity contribution in [2.24, 2.45) is 0 Å². The standard InChI is InChI=1S/C17H22N2O3S/c1-3-22-15-6-4-13(5-7-15)12(2)19-17(21)18-10-16(20)14-8-9-23-11-14/h4-9,11-12,16,20H,3,10H2,1-2H3,(H2,18,19,21)/t12-,16+/m1/s1. The Hall–Kier alpha value is -2.05. The van der Waals surface area contributed by atoms with E-state index >= 15 is 0 Å². The SMILES string of the molecule is CCOc1ccc([C@@H](C)NC(=O)NC[C@H](O)c2ccsc2)cc1. The normalized spacial score (nSPS) is 13.2. The van der Waals surface area contributed by atoms with Crippen LogP contribution in [0.3, 0.4) is 0 Å². The summed E-state index contributed by atoms with van der Waals surface area (Å²) in [7, 11) is 0. The first-order chi connectivity index (χ1) is 11.1. The summed E-state index contributed by atoms with van der Waals surface area (Å²) in [6.07, 6.45) is -0.687. The van der Waals surface area contributed by atoms with Gasteiger partial charge in [0.25, 0.3) is 0 Å². The predicted molar refractivity (Wildman–Crippen MR) is 91.8 cm³/mol. The molecule has 2 atom stereocenters. The topological polar surface area (TPSA) is 70.6 Å². The predicted octanol–water partition coefficient (Wildman–Crippen LogP) is 3.24. The summed E-state index contributed by atoms with van der Waals surface area (Å²) in [5.41, 5.74) is 1.80. The van der Waals surface area contributed by atoms with Gasteiger partial charge in [-0.25, -0.2) is 4.79 Å². The molecule has 0 aliphatic rings. The highest BCUT2D eigenvalue weighted by molar-refractivity contribution is 7.07. The molecule has 0 fully saturated rings. The molecule has 0 aliphatic heterocycles. The van der Waals surface area contributed by atoms with Gasteiger partial charge in [0.2, 0.25) is 0 Å². The van der Waals surface area contributed by atoms with E-state index < -0.39 is 6.10 Å². The van der Waals surface area contributed by atoms with Crippen LogP contribution < -0.4 is 15.4 Å². The van der Waals surface area contributed by atoms with Crippen LogP contribution in [0.5, 0.6) is 5.75 Å². The molecule has 5 nitrogen and oxygen atoms in total. The van der Waals surface area contributed by atoms with Crippen molar-refractivity contribution in [3.63, 3.8) is 0 Å². The van der Waals surface area contributed by atoms with E-state index in [9.17, 15) is 9.90 Å². The highest BCUT2D eigenvalue weighted by Crippen LogP contribution is 2.18. The zero-order chi connectivity index (χ0) is 16.7. The number of thiophene rings is 1. The van der Waals surface area contributed by atoms with Gasteiger partial charge >= 0.3 is 6.03 Å². The largest absolute Gasteiger partial charge is 0.494 e.